The van der Waals surface area contributed by atoms with E-state index in [4.69, 9.17) is 0 Å². The monoisotopic (exact) mass is 396 g/mol. The fraction of sp³-hybridized carbons (Fsp3) is 0.412. The second-order valence-corrected chi connectivity index (χ2v) is 6.92. The van der Waals surface area contributed by atoms with Crippen molar-refractivity contribution >= 4 is 27.5 Å². The highest BCUT2D eigenvalue weighted by atomic mass is 79.9. The molecule has 1 amide bonds. The molecule has 0 saturated carbocycles. The third-order valence-electron chi connectivity index (χ3n) is 3.71. The van der Waals surface area contributed by atoms with E-state index in [2.05, 4.69) is 45.1 Å². The molecule has 0 radical (unpaired) electrons. The summed E-state index contributed by atoms with van der Waals surface area (Å²) in [6.45, 7) is 5.49. The van der Waals surface area contributed by atoms with Gasteiger partial charge in [-0.15, -0.1) is 0 Å². The molecule has 0 fully saturated rings. The lowest BCUT2D eigenvalue weighted by molar-refractivity contribution is -0.116. The number of hydrogen-bond donors (Lipinski definition) is 1. The first kappa shape index (κ1) is 18.6. The van der Waals surface area contributed by atoms with Crippen LogP contribution in [-0.4, -0.2) is 33.2 Å². The van der Waals surface area contributed by atoms with Crippen molar-refractivity contribution in [2.75, 3.05) is 11.9 Å². The van der Waals surface area contributed by atoms with Crippen LogP contribution in [0.1, 0.15) is 25.8 Å². The summed E-state index contributed by atoms with van der Waals surface area (Å²) in [6.07, 6.45) is 4.09. The smallest absolute Gasteiger partial charge is 0.225 e. The van der Waals surface area contributed by atoms with Gasteiger partial charge in [0.15, 0.2) is 0 Å². The molecule has 0 spiro atoms. The number of rotatable bonds is 7. The Morgan fingerprint density at radius 1 is 1.46 bits per heavy atom. The molecule has 1 heterocycles. The van der Waals surface area contributed by atoms with Crippen LogP contribution in [0.5, 0.6) is 0 Å². The summed E-state index contributed by atoms with van der Waals surface area (Å²) in [5.74, 6) is -0.651. The summed E-state index contributed by atoms with van der Waals surface area (Å²) in [5.41, 5.74) is 1.30. The van der Waals surface area contributed by atoms with Gasteiger partial charge in [-0.1, -0.05) is 15.9 Å². The lowest BCUT2D eigenvalue weighted by Crippen LogP contribution is -2.33. The third-order valence-corrected chi connectivity index (χ3v) is 4.20. The Kier molecular flexibility index (Phi) is 6.51. The Morgan fingerprint density at radius 2 is 2.21 bits per heavy atom. The van der Waals surface area contributed by atoms with Crippen LogP contribution in [0.2, 0.25) is 0 Å². The Bertz CT molecular complexity index is 702. The number of aryl methyl sites for hydroxylation is 1. The normalized spacial score (nSPS) is 11.3. The fourth-order valence-electron chi connectivity index (χ4n) is 2.36. The Hall–Kier alpha value is -1.73. The van der Waals surface area contributed by atoms with E-state index >= 15 is 0 Å². The first-order valence-electron chi connectivity index (χ1n) is 7.81. The molecule has 0 aliphatic carbocycles. The highest BCUT2D eigenvalue weighted by molar-refractivity contribution is 9.10. The number of anilines is 1. The molecular weight excluding hydrogens is 375 g/mol. The summed E-state index contributed by atoms with van der Waals surface area (Å²) >= 11 is 3.20. The number of benzene rings is 1. The summed E-state index contributed by atoms with van der Waals surface area (Å²) in [6, 6.07) is 4.87. The maximum atomic E-state index is 13.8. The maximum Gasteiger partial charge on any atom is 0.225 e. The van der Waals surface area contributed by atoms with Gasteiger partial charge in [0.1, 0.15) is 5.82 Å². The maximum absolute atomic E-state index is 13.8. The van der Waals surface area contributed by atoms with Crippen LogP contribution in [-0.2, 0) is 18.4 Å². The van der Waals surface area contributed by atoms with Crippen LogP contribution in [0, 0.1) is 5.82 Å². The molecule has 7 heteroatoms. The van der Waals surface area contributed by atoms with Crippen molar-refractivity contribution in [3.05, 3.63) is 46.4 Å². The van der Waals surface area contributed by atoms with Gasteiger partial charge in [-0.3, -0.25) is 14.4 Å². The molecule has 0 aliphatic rings. The molecule has 1 N–H and O–H groups in total. The van der Waals surface area contributed by atoms with E-state index in [0.717, 1.165) is 12.1 Å². The van der Waals surface area contributed by atoms with Crippen molar-refractivity contribution in [2.45, 2.75) is 32.9 Å². The SMILES string of the molecule is CC(C)N(CCC(=O)Nc1ccc(Br)cc1F)Cc1cnn(C)c1. The quantitative estimate of drug-likeness (QED) is 0.778. The van der Waals surface area contributed by atoms with Gasteiger partial charge in [0.05, 0.1) is 11.9 Å². The summed E-state index contributed by atoms with van der Waals surface area (Å²) in [4.78, 5) is 14.3. The van der Waals surface area contributed by atoms with E-state index in [1.54, 1.807) is 16.8 Å². The van der Waals surface area contributed by atoms with E-state index in [-0.39, 0.29) is 11.6 Å². The molecule has 0 unspecified atom stereocenters. The molecule has 0 atom stereocenters. The van der Waals surface area contributed by atoms with Crippen LogP contribution < -0.4 is 5.32 Å². The lowest BCUT2D eigenvalue weighted by Gasteiger charge is -2.25. The molecule has 2 rings (SSSR count). The minimum atomic E-state index is -0.450. The zero-order valence-corrected chi connectivity index (χ0v) is 15.7. The van der Waals surface area contributed by atoms with Gasteiger partial charge in [-0.05, 0) is 32.0 Å². The van der Waals surface area contributed by atoms with Gasteiger partial charge in [0.2, 0.25) is 5.91 Å². The van der Waals surface area contributed by atoms with Crippen LogP contribution in [0.4, 0.5) is 10.1 Å². The van der Waals surface area contributed by atoms with E-state index in [1.807, 2.05) is 19.4 Å². The van der Waals surface area contributed by atoms with Gasteiger partial charge in [-0.25, -0.2) is 4.39 Å². The molecule has 0 bridgehead atoms. The Morgan fingerprint density at radius 3 is 2.79 bits per heavy atom. The number of aromatic nitrogens is 2. The van der Waals surface area contributed by atoms with Gasteiger partial charge >= 0.3 is 0 Å². The van der Waals surface area contributed by atoms with Crippen molar-refractivity contribution in [3.8, 4) is 0 Å². The molecule has 0 saturated heterocycles. The molecule has 1 aromatic heterocycles. The number of hydrogen-bond acceptors (Lipinski definition) is 3. The number of nitrogens with zero attached hydrogens (tertiary/aromatic N) is 3. The minimum absolute atomic E-state index is 0.201. The number of carbonyl (C=O) groups excluding carboxylic acids is 1. The Balaban J connectivity index is 1.90. The average Bonchev–Trinajstić information content (AvgIpc) is 2.91. The molecular formula is C17H22BrFN4O. The molecule has 130 valence electrons. The predicted molar refractivity (Wildman–Crippen MR) is 96.1 cm³/mol. The summed E-state index contributed by atoms with van der Waals surface area (Å²) < 4.78 is 16.2. The van der Waals surface area contributed by atoms with Gasteiger partial charge in [-0.2, -0.15) is 5.10 Å². The third kappa shape index (κ3) is 5.42. The van der Waals surface area contributed by atoms with Crippen molar-refractivity contribution in [1.82, 2.24) is 14.7 Å². The largest absolute Gasteiger partial charge is 0.324 e. The van der Waals surface area contributed by atoms with Gasteiger partial charge < -0.3 is 5.32 Å². The zero-order chi connectivity index (χ0) is 17.7. The van der Waals surface area contributed by atoms with Crippen LogP contribution in [0.25, 0.3) is 0 Å². The Labute approximate surface area is 150 Å². The summed E-state index contributed by atoms with van der Waals surface area (Å²) in [5, 5.41) is 6.78. The average molecular weight is 397 g/mol. The van der Waals surface area contributed by atoms with Crippen LogP contribution in [0.3, 0.4) is 0 Å². The standard InChI is InChI=1S/C17H22BrFN4O/c1-12(2)23(11-13-9-20-22(3)10-13)7-6-17(24)21-16-5-4-14(18)8-15(16)19/h4-5,8-10,12H,6-7,11H2,1-3H3,(H,21,24). The van der Waals surface area contributed by atoms with Crippen molar-refractivity contribution in [3.63, 3.8) is 0 Å². The number of amides is 1. The second kappa shape index (κ2) is 8.39. The van der Waals surface area contributed by atoms with Crippen molar-refractivity contribution in [2.24, 2.45) is 7.05 Å². The fourth-order valence-corrected chi connectivity index (χ4v) is 2.69. The molecule has 0 aliphatic heterocycles. The van der Waals surface area contributed by atoms with Gasteiger partial charge in [0.25, 0.3) is 0 Å². The van der Waals surface area contributed by atoms with E-state index in [0.29, 0.717) is 23.5 Å². The van der Waals surface area contributed by atoms with Crippen LogP contribution >= 0.6 is 15.9 Å². The lowest BCUT2D eigenvalue weighted by atomic mass is 10.2. The summed E-state index contributed by atoms with van der Waals surface area (Å²) in [7, 11) is 1.88. The predicted octanol–water partition coefficient (Wildman–Crippen LogP) is 3.56. The topological polar surface area (TPSA) is 50.2 Å². The number of nitrogens with one attached hydrogen (secondary N) is 1. The molecule has 2 aromatic rings. The first-order chi connectivity index (χ1) is 11.3. The first-order valence-corrected chi connectivity index (χ1v) is 8.61. The highest BCUT2D eigenvalue weighted by Crippen LogP contribution is 2.19. The highest BCUT2D eigenvalue weighted by Gasteiger charge is 2.14. The number of halogens is 2. The molecule has 24 heavy (non-hydrogen) atoms. The van der Waals surface area contributed by atoms with E-state index < -0.39 is 5.82 Å². The number of carbonyl (C=O) groups is 1. The van der Waals surface area contributed by atoms with Gasteiger partial charge in [0, 0.05) is 48.8 Å². The molecule has 5 nitrogen and oxygen atoms in total. The second-order valence-electron chi connectivity index (χ2n) is 6.01. The van der Waals surface area contributed by atoms with E-state index in [9.17, 15) is 9.18 Å². The molecule has 1 aromatic carbocycles. The zero-order valence-electron chi connectivity index (χ0n) is 14.1. The van der Waals surface area contributed by atoms with E-state index in [1.165, 1.54) is 6.07 Å². The van der Waals surface area contributed by atoms with Crippen LogP contribution in [0.15, 0.2) is 35.1 Å². The van der Waals surface area contributed by atoms with Crippen molar-refractivity contribution in [1.29, 1.82) is 0 Å². The van der Waals surface area contributed by atoms with Crippen molar-refractivity contribution < 1.29 is 9.18 Å². The minimum Gasteiger partial charge on any atom is -0.324 e.